The molecule has 5 nitrogen and oxygen atoms in total. The van der Waals surface area contributed by atoms with E-state index in [0.717, 1.165) is 28.8 Å². The first-order valence-corrected chi connectivity index (χ1v) is 10.6. The number of oxazole rings is 1. The summed E-state index contributed by atoms with van der Waals surface area (Å²) >= 11 is 0. The van der Waals surface area contributed by atoms with Crippen molar-refractivity contribution in [1.29, 1.82) is 0 Å². The van der Waals surface area contributed by atoms with Gasteiger partial charge in [-0.1, -0.05) is 19.9 Å². The topological polar surface area (TPSA) is 64.4 Å². The number of rotatable bonds is 7. The van der Waals surface area contributed by atoms with Crippen molar-refractivity contribution in [3.05, 3.63) is 77.9 Å². The van der Waals surface area contributed by atoms with Crippen molar-refractivity contribution in [3.63, 3.8) is 0 Å². The van der Waals surface area contributed by atoms with Crippen LogP contribution in [-0.4, -0.2) is 17.5 Å². The standard InChI is InChI=1S/C26H26N2O3/c1-4-17(3)20-10-15-24-23(16-20)28-26(31-24)19-6-11-21(12-7-19)27-25(29)18-8-13-22(14-9-18)30-5-2/h6-17H,4-5H2,1-3H3,(H,27,29). The first kappa shape index (κ1) is 20.7. The summed E-state index contributed by atoms with van der Waals surface area (Å²) in [6, 6.07) is 20.8. The number of carbonyl (C=O) groups is 1. The lowest BCUT2D eigenvalue weighted by Crippen LogP contribution is -2.11. The van der Waals surface area contributed by atoms with Crippen molar-refractivity contribution < 1.29 is 13.9 Å². The molecule has 1 aromatic heterocycles. The van der Waals surface area contributed by atoms with E-state index in [0.29, 0.717) is 29.7 Å². The van der Waals surface area contributed by atoms with Crippen molar-refractivity contribution >= 4 is 22.7 Å². The van der Waals surface area contributed by atoms with Crippen molar-refractivity contribution in [2.24, 2.45) is 0 Å². The summed E-state index contributed by atoms with van der Waals surface area (Å²) in [4.78, 5) is 17.1. The number of carbonyl (C=O) groups excluding carboxylic acids is 1. The highest BCUT2D eigenvalue weighted by molar-refractivity contribution is 6.04. The number of benzene rings is 3. The predicted octanol–water partition coefficient (Wildman–Crippen LogP) is 6.66. The maximum Gasteiger partial charge on any atom is 0.255 e. The summed E-state index contributed by atoms with van der Waals surface area (Å²) in [6.45, 7) is 6.91. The van der Waals surface area contributed by atoms with Crippen molar-refractivity contribution in [3.8, 4) is 17.2 Å². The van der Waals surface area contributed by atoms with Crippen LogP contribution in [0.5, 0.6) is 5.75 Å². The van der Waals surface area contributed by atoms with Crippen LogP contribution in [-0.2, 0) is 0 Å². The molecule has 1 N–H and O–H groups in total. The van der Waals surface area contributed by atoms with Gasteiger partial charge in [-0.2, -0.15) is 0 Å². The Morgan fingerprint density at radius 1 is 1.03 bits per heavy atom. The van der Waals surface area contributed by atoms with Gasteiger partial charge in [0.05, 0.1) is 6.61 Å². The maximum absolute atomic E-state index is 12.5. The summed E-state index contributed by atoms with van der Waals surface area (Å²) in [7, 11) is 0. The molecular formula is C26H26N2O3. The van der Waals surface area contributed by atoms with E-state index in [1.54, 1.807) is 24.3 Å². The Kier molecular flexibility index (Phi) is 6.03. The minimum atomic E-state index is -0.171. The fourth-order valence-corrected chi connectivity index (χ4v) is 3.38. The van der Waals surface area contributed by atoms with Gasteiger partial charge in [0.25, 0.3) is 5.91 Å². The van der Waals surface area contributed by atoms with Gasteiger partial charge in [0, 0.05) is 16.8 Å². The average molecular weight is 415 g/mol. The Balaban J connectivity index is 1.48. The van der Waals surface area contributed by atoms with Gasteiger partial charge in [-0.3, -0.25) is 4.79 Å². The Hall–Kier alpha value is -3.60. The summed E-state index contributed by atoms with van der Waals surface area (Å²) in [6.07, 6.45) is 1.08. The van der Waals surface area contributed by atoms with Gasteiger partial charge in [-0.25, -0.2) is 4.98 Å². The normalized spacial score (nSPS) is 12.0. The molecule has 0 fully saturated rings. The molecule has 1 amide bonds. The molecule has 1 heterocycles. The van der Waals surface area contributed by atoms with E-state index in [1.807, 2.05) is 37.3 Å². The zero-order valence-corrected chi connectivity index (χ0v) is 18.0. The average Bonchev–Trinajstić information content (AvgIpc) is 3.23. The molecule has 0 aliphatic heterocycles. The number of aromatic nitrogens is 1. The first-order valence-electron chi connectivity index (χ1n) is 10.6. The molecule has 0 spiro atoms. The van der Waals surface area contributed by atoms with Crippen LogP contribution in [0, 0.1) is 0 Å². The zero-order chi connectivity index (χ0) is 21.8. The lowest BCUT2D eigenvalue weighted by Gasteiger charge is -2.07. The molecule has 0 saturated carbocycles. The van der Waals surface area contributed by atoms with Crippen LogP contribution >= 0.6 is 0 Å². The second kappa shape index (κ2) is 9.04. The molecule has 0 aliphatic carbocycles. The molecule has 0 saturated heterocycles. The van der Waals surface area contributed by atoms with E-state index in [4.69, 9.17) is 9.15 Å². The minimum Gasteiger partial charge on any atom is -0.494 e. The number of amides is 1. The molecule has 0 bridgehead atoms. The number of hydrogen-bond acceptors (Lipinski definition) is 4. The molecule has 0 aliphatic rings. The molecule has 158 valence electrons. The lowest BCUT2D eigenvalue weighted by molar-refractivity contribution is 0.102. The third-order valence-corrected chi connectivity index (χ3v) is 5.41. The fraction of sp³-hybridized carbons (Fsp3) is 0.231. The number of ether oxygens (including phenoxy) is 1. The molecule has 0 radical (unpaired) electrons. The molecule has 4 rings (SSSR count). The quantitative estimate of drug-likeness (QED) is 0.367. The lowest BCUT2D eigenvalue weighted by atomic mass is 9.98. The molecule has 3 aromatic carbocycles. The van der Waals surface area contributed by atoms with Crippen LogP contribution in [0.4, 0.5) is 5.69 Å². The van der Waals surface area contributed by atoms with Crippen molar-refractivity contribution in [2.45, 2.75) is 33.1 Å². The summed E-state index contributed by atoms with van der Waals surface area (Å²) in [5.41, 5.74) is 5.04. The second-order valence-electron chi connectivity index (χ2n) is 7.54. The van der Waals surface area contributed by atoms with Crippen molar-refractivity contribution in [2.75, 3.05) is 11.9 Å². The third kappa shape index (κ3) is 4.61. The van der Waals surface area contributed by atoms with Gasteiger partial charge in [0.15, 0.2) is 5.58 Å². The Morgan fingerprint density at radius 2 is 1.77 bits per heavy atom. The van der Waals surface area contributed by atoms with Gasteiger partial charge in [-0.05, 0) is 85.5 Å². The highest BCUT2D eigenvalue weighted by Gasteiger charge is 2.12. The van der Waals surface area contributed by atoms with Gasteiger partial charge in [0.1, 0.15) is 11.3 Å². The smallest absolute Gasteiger partial charge is 0.255 e. The van der Waals surface area contributed by atoms with Gasteiger partial charge < -0.3 is 14.5 Å². The number of nitrogens with one attached hydrogen (secondary N) is 1. The minimum absolute atomic E-state index is 0.171. The summed E-state index contributed by atoms with van der Waals surface area (Å²) in [5.74, 6) is 1.64. The van der Waals surface area contributed by atoms with Gasteiger partial charge in [0.2, 0.25) is 5.89 Å². The number of anilines is 1. The predicted molar refractivity (Wildman–Crippen MR) is 124 cm³/mol. The van der Waals surface area contributed by atoms with Crippen LogP contribution in [0.2, 0.25) is 0 Å². The Morgan fingerprint density at radius 3 is 2.45 bits per heavy atom. The SMILES string of the molecule is CCOc1ccc(C(=O)Nc2ccc(-c3nc4cc(C(C)CC)ccc4o3)cc2)cc1. The monoisotopic (exact) mass is 414 g/mol. The Bertz CT molecular complexity index is 1180. The van der Waals surface area contributed by atoms with Gasteiger partial charge in [-0.15, -0.1) is 0 Å². The van der Waals surface area contributed by atoms with Crippen LogP contribution in [0.25, 0.3) is 22.6 Å². The van der Waals surface area contributed by atoms with Crippen LogP contribution in [0.1, 0.15) is 49.0 Å². The van der Waals surface area contributed by atoms with E-state index in [1.165, 1.54) is 5.56 Å². The molecular weight excluding hydrogens is 388 g/mol. The fourth-order valence-electron chi connectivity index (χ4n) is 3.38. The first-order chi connectivity index (χ1) is 15.1. The van der Waals surface area contributed by atoms with Crippen LogP contribution in [0.15, 0.2) is 71.1 Å². The highest BCUT2D eigenvalue weighted by Crippen LogP contribution is 2.28. The number of hydrogen-bond donors (Lipinski definition) is 1. The van der Waals surface area contributed by atoms with E-state index >= 15 is 0 Å². The zero-order valence-electron chi connectivity index (χ0n) is 18.0. The Labute approximate surface area is 182 Å². The van der Waals surface area contributed by atoms with Crippen LogP contribution < -0.4 is 10.1 Å². The second-order valence-corrected chi connectivity index (χ2v) is 7.54. The van der Waals surface area contributed by atoms with E-state index in [2.05, 4.69) is 36.3 Å². The van der Waals surface area contributed by atoms with Crippen LogP contribution in [0.3, 0.4) is 0 Å². The van der Waals surface area contributed by atoms with E-state index in [9.17, 15) is 4.79 Å². The summed E-state index contributed by atoms with van der Waals surface area (Å²) < 4.78 is 11.3. The highest BCUT2D eigenvalue weighted by atomic mass is 16.5. The molecule has 5 heteroatoms. The molecule has 4 aromatic rings. The van der Waals surface area contributed by atoms with E-state index < -0.39 is 0 Å². The number of nitrogens with zero attached hydrogens (tertiary/aromatic N) is 1. The number of fused-ring (bicyclic) bond motifs is 1. The van der Waals surface area contributed by atoms with E-state index in [-0.39, 0.29) is 5.91 Å². The van der Waals surface area contributed by atoms with Gasteiger partial charge >= 0.3 is 0 Å². The van der Waals surface area contributed by atoms with Crippen molar-refractivity contribution in [1.82, 2.24) is 4.98 Å². The third-order valence-electron chi connectivity index (χ3n) is 5.41. The maximum atomic E-state index is 12.5. The molecule has 31 heavy (non-hydrogen) atoms. The summed E-state index contributed by atoms with van der Waals surface area (Å²) in [5, 5.41) is 2.91. The molecule has 1 unspecified atom stereocenters. The molecule has 1 atom stereocenters. The largest absolute Gasteiger partial charge is 0.494 e.